The van der Waals surface area contributed by atoms with E-state index < -0.39 is 28.6 Å². The molecule has 0 aromatic heterocycles. The average Bonchev–Trinajstić information content (AvgIpc) is 2.40. The van der Waals surface area contributed by atoms with Gasteiger partial charge in [0.25, 0.3) is 0 Å². The maximum absolute atomic E-state index is 13.8. The van der Waals surface area contributed by atoms with Crippen molar-refractivity contribution in [3.05, 3.63) is 68.2 Å². The van der Waals surface area contributed by atoms with E-state index in [9.17, 15) is 17.6 Å². The normalized spacial score (nSPS) is 12.6. The third kappa shape index (κ3) is 2.80. The molecule has 0 nitrogen and oxygen atoms in total. The van der Waals surface area contributed by atoms with E-state index in [0.717, 1.165) is 18.2 Å². The number of hydrogen-bond donors (Lipinski definition) is 0. The van der Waals surface area contributed by atoms with Crippen molar-refractivity contribution in [1.82, 2.24) is 0 Å². The summed E-state index contributed by atoms with van der Waals surface area (Å²) in [6.45, 7) is 0. The van der Waals surface area contributed by atoms with E-state index in [1.54, 1.807) is 0 Å². The van der Waals surface area contributed by atoms with Crippen LogP contribution >= 0.6 is 39.1 Å². The summed E-state index contributed by atoms with van der Waals surface area (Å²) in [6, 6.07) is 3.94. The van der Waals surface area contributed by atoms with Crippen LogP contribution in [-0.2, 0) is 0 Å². The maximum atomic E-state index is 13.8. The molecular weight excluding hydrogens is 383 g/mol. The van der Waals surface area contributed by atoms with Gasteiger partial charge in [-0.1, -0.05) is 17.7 Å². The molecule has 0 saturated carbocycles. The molecule has 20 heavy (non-hydrogen) atoms. The molecule has 0 aliphatic rings. The van der Waals surface area contributed by atoms with Crippen molar-refractivity contribution in [2.75, 3.05) is 0 Å². The lowest BCUT2D eigenvalue weighted by atomic mass is 10.0. The highest BCUT2D eigenvalue weighted by Crippen LogP contribution is 2.36. The van der Waals surface area contributed by atoms with Crippen LogP contribution in [-0.4, -0.2) is 0 Å². The van der Waals surface area contributed by atoms with E-state index in [-0.39, 0.29) is 16.1 Å². The summed E-state index contributed by atoms with van der Waals surface area (Å²) in [4.78, 5) is 0. The van der Waals surface area contributed by atoms with Crippen molar-refractivity contribution in [3.63, 3.8) is 0 Å². The number of hydrogen-bond acceptors (Lipinski definition) is 0. The number of halogens is 7. The fraction of sp³-hybridized carbons (Fsp3) is 0.0769. The molecule has 0 aliphatic carbocycles. The fourth-order valence-corrected chi connectivity index (χ4v) is 2.46. The molecule has 0 aliphatic heterocycles. The minimum Gasteiger partial charge on any atom is -0.207 e. The van der Waals surface area contributed by atoms with Crippen molar-refractivity contribution < 1.29 is 17.6 Å². The Labute approximate surface area is 130 Å². The quantitative estimate of drug-likeness (QED) is 0.257. The highest BCUT2D eigenvalue weighted by Gasteiger charge is 2.23. The summed E-state index contributed by atoms with van der Waals surface area (Å²) in [5, 5.41) is -1.18. The molecule has 2 rings (SSSR count). The molecule has 0 spiro atoms. The molecule has 0 amide bonds. The Morgan fingerprint density at radius 2 is 1.55 bits per heavy atom. The Hall–Kier alpha value is -0.780. The SMILES string of the molecule is Fc1cc(Br)c(Cl)cc1C(Cl)c1ccc(F)c(F)c1F. The van der Waals surface area contributed by atoms with E-state index in [1.807, 2.05) is 0 Å². The topological polar surface area (TPSA) is 0 Å². The van der Waals surface area contributed by atoms with Gasteiger partial charge in [-0.2, -0.15) is 0 Å². The Balaban J connectivity index is 2.55. The molecule has 106 valence electrons. The molecule has 0 radical (unpaired) electrons. The average molecular weight is 388 g/mol. The third-order valence-corrected chi connectivity index (χ3v) is 4.32. The minimum atomic E-state index is -1.66. The standard InChI is InChI=1S/C13H5BrCl2F4/c14-7-4-10(18)6(3-8(7)15)11(16)5-1-2-9(17)13(20)12(5)19/h1-4,11H. The highest BCUT2D eigenvalue weighted by atomic mass is 79.9. The number of rotatable bonds is 2. The van der Waals surface area contributed by atoms with Gasteiger partial charge in [0.15, 0.2) is 17.5 Å². The van der Waals surface area contributed by atoms with Crippen LogP contribution < -0.4 is 0 Å². The van der Waals surface area contributed by atoms with Crippen LogP contribution in [0.3, 0.4) is 0 Å². The minimum absolute atomic E-state index is 0.134. The van der Waals surface area contributed by atoms with Gasteiger partial charge in [-0.3, -0.25) is 0 Å². The Morgan fingerprint density at radius 3 is 2.20 bits per heavy atom. The molecule has 2 aromatic rings. The van der Waals surface area contributed by atoms with Crippen LogP contribution in [0.1, 0.15) is 16.5 Å². The largest absolute Gasteiger partial charge is 0.207 e. The first kappa shape index (κ1) is 15.6. The number of benzene rings is 2. The third-order valence-electron chi connectivity index (χ3n) is 2.65. The van der Waals surface area contributed by atoms with Gasteiger partial charge in [0.2, 0.25) is 0 Å². The summed E-state index contributed by atoms with van der Waals surface area (Å²) >= 11 is 14.8. The molecule has 0 fully saturated rings. The van der Waals surface area contributed by atoms with E-state index in [0.29, 0.717) is 4.47 Å². The summed E-state index contributed by atoms with van der Waals surface area (Å²) in [6.07, 6.45) is 0. The molecule has 7 heteroatoms. The zero-order valence-corrected chi connectivity index (χ0v) is 12.6. The Kier molecular flexibility index (Phi) is 4.62. The number of alkyl halides is 1. The van der Waals surface area contributed by atoms with Gasteiger partial charge in [0.05, 0.1) is 10.4 Å². The van der Waals surface area contributed by atoms with Gasteiger partial charge < -0.3 is 0 Å². The van der Waals surface area contributed by atoms with Crippen LogP contribution in [0.2, 0.25) is 5.02 Å². The second kappa shape index (κ2) is 5.92. The van der Waals surface area contributed by atoms with Crippen LogP contribution in [0.4, 0.5) is 17.6 Å². The predicted octanol–water partition coefficient (Wildman–Crippen LogP) is 5.99. The van der Waals surface area contributed by atoms with Crippen molar-refractivity contribution in [1.29, 1.82) is 0 Å². The van der Waals surface area contributed by atoms with Crippen molar-refractivity contribution in [2.45, 2.75) is 5.38 Å². The molecular formula is C13H5BrCl2F4. The fourth-order valence-electron chi connectivity index (χ4n) is 1.64. The van der Waals surface area contributed by atoms with Gasteiger partial charge >= 0.3 is 0 Å². The summed E-state index contributed by atoms with van der Waals surface area (Å²) in [7, 11) is 0. The van der Waals surface area contributed by atoms with E-state index in [2.05, 4.69) is 15.9 Å². The van der Waals surface area contributed by atoms with Crippen molar-refractivity contribution in [3.8, 4) is 0 Å². The highest BCUT2D eigenvalue weighted by molar-refractivity contribution is 9.10. The smallest absolute Gasteiger partial charge is 0.194 e. The first-order valence-electron chi connectivity index (χ1n) is 5.24. The lowest BCUT2D eigenvalue weighted by Crippen LogP contribution is -2.03. The molecule has 0 N–H and O–H groups in total. The monoisotopic (exact) mass is 386 g/mol. The summed E-state index contributed by atoms with van der Waals surface area (Å²) in [5.74, 6) is -5.20. The molecule has 0 heterocycles. The van der Waals surface area contributed by atoms with Crippen molar-refractivity contribution >= 4 is 39.1 Å². The lowest BCUT2D eigenvalue weighted by Gasteiger charge is -2.14. The van der Waals surface area contributed by atoms with Crippen molar-refractivity contribution in [2.24, 2.45) is 0 Å². The van der Waals surface area contributed by atoms with Gasteiger partial charge in [0, 0.05) is 15.6 Å². The van der Waals surface area contributed by atoms with Gasteiger partial charge in [-0.25, -0.2) is 17.6 Å². The summed E-state index contributed by atoms with van der Waals surface area (Å²) < 4.78 is 53.8. The van der Waals surface area contributed by atoms with Crippen LogP contribution in [0.15, 0.2) is 28.7 Å². The van der Waals surface area contributed by atoms with Gasteiger partial charge in [-0.05, 0) is 34.1 Å². The molecule has 0 bridgehead atoms. The zero-order valence-electron chi connectivity index (χ0n) is 9.53. The second-order valence-corrected chi connectivity index (χ2v) is 5.61. The Morgan fingerprint density at radius 1 is 0.900 bits per heavy atom. The van der Waals surface area contributed by atoms with Crippen LogP contribution in [0, 0.1) is 23.3 Å². The van der Waals surface area contributed by atoms with Crippen LogP contribution in [0.5, 0.6) is 0 Å². The second-order valence-electron chi connectivity index (χ2n) is 3.91. The molecule has 0 saturated heterocycles. The Bertz CT molecular complexity index is 674. The lowest BCUT2D eigenvalue weighted by molar-refractivity contribution is 0.441. The first-order valence-corrected chi connectivity index (χ1v) is 6.85. The van der Waals surface area contributed by atoms with Gasteiger partial charge in [-0.15, -0.1) is 11.6 Å². The predicted molar refractivity (Wildman–Crippen MR) is 73.1 cm³/mol. The maximum Gasteiger partial charge on any atom is 0.194 e. The van der Waals surface area contributed by atoms with E-state index >= 15 is 0 Å². The molecule has 2 aromatic carbocycles. The molecule has 1 unspecified atom stereocenters. The van der Waals surface area contributed by atoms with Gasteiger partial charge in [0.1, 0.15) is 5.82 Å². The zero-order chi connectivity index (χ0) is 15.0. The summed E-state index contributed by atoms with van der Waals surface area (Å²) in [5.41, 5.74) is -0.507. The van der Waals surface area contributed by atoms with E-state index in [4.69, 9.17) is 23.2 Å². The van der Waals surface area contributed by atoms with Crippen LogP contribution in [0.25, 0.3) is 0 Å². The first-order chi connectivity index (χ1) is 9.32. The van der Waals surface area contributed by atoms with E-state index in [1.165, 1.54) is 6.07 Å². The molecule has 1 atom stereocenters.